The van der Waals surface area contributed by atoms with Crippen molar-refractivity contribution in [2.24, 2.45) is 11.8 Å². The fraction of sp³-hybridized carbons (Fsp3) is 1.00. The molecule has 0 saturated heterocycles. The van der Waals surface area contributed by atoms with E-state index in [1.165, 1.54) is 14.0 Å². The molecular weight excluding hydrogens is 287 g/mol. The largest absolute Gasteiger partial charge is 0.367 e. The van der Waals surface area contributed by atoms with Gasteiger partial charge in [0, 0.05) is 20.0 Å². The lowest BCUT2D eigenvalue weighted by Crippen LogP contribution is -2.58. The summed E-state index contributed by atoms with van der Waals surface area (Å²) in [5, 5.41) is 9.53. The Morgan fingerprint density at radius 1 is 1.35 bits per heavy atom. The van der Waals surface area contributed by atoms with Gasteiger partial charge >= 0.3 is 0 Å². The number of alkyl halides is 5. The molecule has 0 bridgehead atoms. The molecule has 3 unspecified atom stereocenters. The first-order valence-corrected chi connectivity index (χ1v) is 6.27. The third kappa shape index (κ3) is 2.53. The van der Waals surface area contributed by atoms with Crippen molar-refractivity contribution < 1.29 is 36.5 Å². The molecule has 1 rings (SSSR count). The molecule has 1 N–H and O–H groups in total. The van der Waals surface area contributed by atoms with Crippen LogP contribution in [0.15, 0.2) is 0 Å². The van der Waals surface area contributed by atoms with Gasteiger partial charge in [0.05, 0.1) is 5.92 Å². The highest BCUT2D eigenvalue weighted by molar-refractivity contribution is 5.14. The van der Waals surface area contributed by atoms with Gasteiger partial charge in [-0.1, -0.05) is 6.92 Å². The van der Waals surface area contributed by atoms with Gasteiger partial charge in [-0.2, -0.15) is 0 Å². The Morgan fingerprint density at radius 3 is 2.25 bits per heavy atom. The second-order valence-electron chi connectivity index (χ2n) is 5.13. The molecule has 0 aromatic rings. The van der Waals surface area contributed by atoms with E-state index in [9.17, 15) is 27.1 Å². The standard InChI is InChI=1S/C12H19F5O3/c1-4-7-5-8(9(18)20-6-19-3)12(16,17)11(7,15)10(2,13)14/h7-9,18H,4-6H2,1-3H3/t7-,8?,9?,11?/m0/s1. The van der Waals surface area contributed by atoms with E-state index in [0.717, 1.165) is 0 Å². The zero-order valence-corrected chi connectivity index (χ0v) is 11.5. The van der Waals surface area contributed by atoms with Crippen molar-refractivity contribution in [1.29, 1.82) is 0 Å². The van der Waals surface area contributed by atoms with Gasteiger partial charge in [-0.15, -0.1) is 0 Å². The van der Waals surface area contributed by atoms with Crippen molar-refractivity contribution >= 4 is 0 Å². The lowest BCUT2D eigenvalue weighted by atomic mass is 9.83. The van der Waals surface area contributed by atoms with Crippen LogP contribution in [-0.2, 0) is 9.47 Å². The molecule has 1 saturated carbocycles. The summed E-state index contributed by atoms with van der Waals surface area (Å²) in [7, 11) is 1.20. The summed E-state index contributed by atoms with van der Waals surface area (Å²) >= 11 is 0. The quantitative estimate of drug-likeness (QED) is 0.606. The summed E-state index contributed by atoms with van der Waals surface area (Å²) in [5.41, 5.74) is -4.00. The molecule has 0 radical (unpaired) electrons. The smallest absolute Gasteiger partial charge is 0.295 e. The molecule has 8 heteroatoms. The predicted molar refractivity (Wildman–Crippen MR) is 60.3 cm³/mol. The molecule has 20 heavy (non-hydrogen) atoms. The third-order valence-corrected chi connectivity index (χ3v) is 3.88. The summed E-state index contributed by atoms with van der Waals surface area (Å²) in [5.74, 6) is -12.2. The summed E-state index contributed by atoms with van der Waals surface area (Å²) in [6, 6.07) is 0. The van der Waals surface area contributed by atoms with Crippen LogP contribution in [0.5, 0.6) is 0 Å². The number of hydrogen-bond acceptors (Lipinski definition) is 3. The molecular formula is C12H19F5O3. The van der Waals surface area contributed by atoms with E-state index in [4.69, 9.17) is 0 Å². The number of aliphatic hydroxyl groups is 1. The SMILES string of the molecule is CC[C@H]1CC(C(O)OCOC)C(F)(F)C1(F)C(C)(F)F. The molecule has 4 atom stereocenters. The van der Waals surface area contributed by atoms with Crippen LogP contribution in [0.1, 0.15) is 26.7 Å². The van der Waals surface area contributed by atoms with Crippen molar-refractivity contribution in [2.75, 3.05) is 13.9 Å². The highest BCUT2D eigenvalue weighted by atomic mass is 19.3. The topological polar surface area (TPSA) is 38.7 Å². The molecule has 0 spiro atoms. The highest BCUT2D eigenvalue weighted by Gasteiger charge is 2.78. The number of hydrogen-bond donors (Lipinski definition) is 1. The monoisotopic (exact) mass is 306 g/mol. The van der Waals surface area contributed by atoms with E-state index >= 15 is 0 Å². The number of ether oxygens (including phenoxy) is 2. The Morgan fingerprint density at radius 2 is 1.90 bits per heavy atom. The van der Waals surface area contributed by atoms with E-state index in [1.807, 2.05) is 0 Å². The van der Waals surface area contributed by atoms with Gasteiger partial charge < -0.3 is 14.6 Å². The van der Waals surface area contributed by atoms with Gasteiger partial charge in [0.2, 0.25) is 5.67 Å². The van der Waals surface area contributed by atoms with Gasteiger partial charge in [-0.3, -0.25) is 0 Å². The second-order valence-corrected chi connectivity index (χ2v) is 5.13. The molecule has 0 heterocycles. The minimum absolute atomic E-state index is 0.133. The van der Waals surface area contributed by atoms with Crippen LogP contribution < -0.4 is 0 Å². The summed E-state index contributed by atoms with van der Waals surface area (Å²) in [6.45, 7) is 0.992. The summed E-state index contributed by atoms with van der Waals surface area (Å²) in [4.78, 5) is 0. The molecule has 0 aromatic carbocycles. The van der Waals surface area contributed by atoms with Gasteiger partial charge in [-0.25, -0.2) is 22.0 Å². The molecule has 1 aliphatic carbocycles. The highest BCUT2D eigenvalue weighted by Crippen LogP contribution is 2.61. The van der Waals surface area contributed by atoms with Crippen molar-refractivity contribution in [1.82, 2.24) is 0 Å². The zero-order valence-electron chi connectivity index (χ0n) is 11.5. The Kier molecular flexibility index (Phi) is 5.04. The molecule has 1 fully saturated rings. The normalized spacial score (nSPS) is 35.2. The van der Waals surface area contributed by atoms with Crippen LogP contribution in [0, 0.1) is 11.8 Å². The van der Waals surface area contributed by atoms with Crippen LogP contribution in [-0.4, -0.2) is 42.8 Å². The molecule has 1 aliphatic rings. The number of aliphatic hydroxyl groups excluding tert-OH is 1. The van der Waals surface area contributed by atoms with Crippen molar-refractivity contribution in [3.63, 3.8) is 0 Å². The van der Waals surface area contributed by atoms with Crippen molar-refractivity contribution in [2.45, 2.75) is 50.5 Å². The van der Waals surface area contributed by atoms with Crippen LogP contribution in [0.2, 0.25) is 0 Å². The lowest BCUT2D eigenvalue weighted by molar-refractivity contribution is -0.280. The van der Waals surface area contributed by atoms with E-state index in [0.29, 0.717) is 0 Å². The molecule has 120 valence electrons. The average molecular weight is 306 g/mol. The third-order valence-electron chi connectivity index (χ3n) is 3.88. The maximum atomic E-state index is 14.5. The second kappa shape index (κ2) is 5.73. The molecule has 0 aromatic heterocycles. The maximum Gasteiger partial charge on any atom is 0.295 e. The number of halogens is 5. The van der Waals surface area contributed by atoms with E-state index in [1.54, 1.807) is 0 Å². The van der Waals surface area contributed by atoms with Crippen LogP contribution >= 0.6 is 0 Å². The Balaban J connectivity index is 3.10. The van der Waals surface area contributed by atoms with Gasteiger partial charge in [-0.05, 0) is 12.8 Å². The van der Waals surface area contributed by atoms with E-state index in [2.05, 4.69) is 9.47 Å². The summed E-state index contributed by atoms with van der Waals surface area (Å²) in [6.07, 6.45) is -2.85. The fourth-order valence-electron chi connectivity index (χ4n) is 2.81. The summed E-state index contributed by atoms with van der Waals surface area (Å²) < 4.78 is 78.6. The molecule has 0 amide bonds. The average Bonchev–Trinajstić information content (AvgIpc) is 2.55. The number of rotatable bonds is 6. The lowest BCUT2D eigenvalue weighted by Gasteiger charge is -2.38. The maximum absolute atomic E-state index is 14.5. The van der Waals surface area contributed by atoms with Crippen LogP contribution in [0.25, 0.3) is 0 Å². The van der Waals surface area contributed by atoms with Gasteiger partial charge in [0.25, 0.3) is 11.8 Å². The molecule has 0 aliphatic heterocycles. The van der Waals surface area contributed by atoms with Crippen molar-refractivity contribution in [3.05, 3.63) is 0 Å². The van der Waals surface area contributed by atoms with Crippen LogP contribution in [0.3, 0.4) is 0 Å². The Labute approximate surface area is 114 Å². The Hall–Kier alpha value is -0.470. The molecule has 3 nitrogen and oxygen atoms in total. The minimum atomic E-state index is -4.40. The predicted octanol–water partition coefficient (Wildman–Crippen LogP) is 2.97. The van der Waals surface area contributed by atoms with Crippen molar-refractivity contribution in [3.8, 4) is 0 Å². The van der Waals surface area contributed by atoms with E-state index in [-0.39, 0.29) is 13.3 Å². The Bertz CT molecular complexity index is 334. The first-order chi connectivity index (χ1) is 9.04. The fourth-order valence-corrected chi connectivity index (χ4v) is 2.81. The van der Waals surface area contributed by atoms with Gasteiger partial charge in [0.15, 0.2) is 6.29 Å². The van der Waals surface area contributed by atoms with Gasteiger partial charge in [0.1, 0.15) is 6.79 Å². The van der Waals surface area contributed by atoms with E-state index < -0.39 is 48.9 Å². The minimum Gasteiger partial charge on any atom is -0.367 e. The number of methoxy groups -OCH3 is 1. The first kappa shape index (κ1) is 17.6. The first-order valence-electron chi connectivity index (χ1n) is 6.27. The van der Waals surface area contributed by atoms with Crippen LogP contribution in [0.4, 0.5) is 22.0 Å². The zero-order chi connectivity index (χ0) is 15.8.